The van der Waals surface area contributed by atoms with Gasteiger partial charge in [0.1, 0.15) is 0 Å². The molecule has 0 aliphatic rings. The van der Waals surface area contributed by atoms with Crippen molar-refractivity contribution in [2.24, 2.45) is 7.05 Å². The molecule has 0 saturated carbocycles. The molecule has 2 rings (SSSR count). The molecule has 1 aromatic carbocycles. The summed E-state index contributed by atoms with van der Waals surface area (Å²) >= 11 is 5.75. The summed E-state index contributed by atoms with van der Waals surface area (Å²) in [6, 6.07) is 4.26. The third-order valence-electron chi connectivity index (χ3n) is 2.58. The van der Waals surface area contributed by atoms with Gasteiger partial charge in [0, 0.05) is 12.1 Å². The zero-order valence-corrected chi connectivity index (χ0v) is 10.7. The molecule has 19 heavy (non-hydrogen) atoms. The topological polar surface area (TPSA) is 39.8 Å². The van der Waals surface area contributed by atoms with Crippen molar-refractivity contribution >= 4 is 11.6 Å². The molecule has 0 radical (unpaired) electrons. The normalized spacial score (nSPS) is 11.9. The number of aromatic nitrogens is 3. The predicted molar refractivity (Wildman–Crippen MR) is 63.6 cm³/mol. The van der Waals surface area contributed by atoms with Crippen LogP contribution in [-0.4, -0.2) is 14.3 Å². The highest BCUT2D eigenvalue weighted by Crippen LogP contribution is 2.29. The van der Waals surface area contributed by atoms with E-state index in [1.54, 1.807) is 6.92 Å². The summed E-state index contributed by atoms with van der Waals surface area (Å²) in [5, 5.41) is 3.61. The molecular formula is C11H9ClF3N3O. The molecule has 0 bridgehead atoms. The molecule has 0 unspecified atom stereocenters. The van der Waals surface area contributed by atoms with Gasteiger partial charge in [-0.25, -0.2) is 14.0 Å². The fraction of sp³-hybridized carbons (Fsp3) is 0.273. The second-order valence-electron chi connectivity index (χ2n) is 3.99. The zero-order chi connectivity index (χ0) is 14.4. The molecule has 4 nitrogen and oxygen atoms in total. The van der Waals surface area contributed by atoms with E-state index in [4.69, 9.17) is 11.6 Å². The second kappa shape index (κ2) is 4.41. The molecule has 8 heteroatoms. The molecule has 102 valence electrons. The first-order chi connectivity index (χ1) is 8.71. The lowest BCUT2D eigenvalue weighted by Crippen LogP contribution is -2.24. The highest BCUT2D eigenvalue weighted by molar-refractivity contribution is 6.30. The van der Waals surface area contributed by atoms with Crippen LogP contribution in [-0.2, 0) is 13.2 Å². The van der Waals surface area contributed by atoms with Crippen molar-refractivity contribution in [1.82, 2.24) is 14.3 Å². The second-order valence-corrected chi connectivity index (χ2v) is 4.43. The van der Waals surface area contributed by atoms with Gasteiger partial charge in [-0.15, -0.1) is 5.10 Å². The Morgan fingerprint density at radius 2 is 1.95 bits per heavy atom. The number of alkyl halides is 3. The lowest BCUT2D eigenvalue weighted by atomic mass is 10.2. The summed E-state index contributed by atoms with van der Waals surface area (Å²) in [5.41, 5.74) is -0.305. The third-order valence-corrected chi connectivity index (χ3v) is 2.81. The number of halogens is 4. The molecule has 0 amide bonds. The summed E-state index contributed by atoms with van der Waals surface area (Å²) in [6.45, 7) is 1.57. The molecule has 0 saturated heterocycles. The summed E-state index contributed by atoms with van der Waals surface area (Å²) in [7, 11) is 1.17. The standard InChI is InChI=1S/C11H9ClF3N3O/c1-6-5-7(12)3-4-8(6)18-9(11(13,14)15)16-17(2)10(18)19/h3-5H,1-2H3. The van der Waals surface area contributed by atoms with Gasteiger partial charge in [0.15, 0.2) is 0 Å². The minimum absolute atomic E-state index is 0.106. The quantitative estimate of drug-likeness (QED) is 0.810. The van der Waals surface area contributed by atoms with Crippen LogP contribution in [0.4, 0.5) is 13.2 Å². The predicted octanol–water partition coefficient (Wildman–Crippen LogP) is 2.55. The summed E-state index contributed by atoms with van der Waals surface area (Å²) in [5.74, 6) is -1.26. The Kier molecular flexibility index (Phi) is 3.17. The Bertz CT molecular complexity index is 687. The van der Waals surface area contributed by atoms with Gasteiger partial charge in [0.25, 0.3) is 0 Å². The van der Waals surface area contributed by atoms with Gasteiger partial charge in [0.2, 0.25) is 5.82 Å². The van der Waals surface area contributed by atoms with Gasteiger partial charge in [-0.2, -0.15) is 13.2 Å². The first-order valence-electron chi connectivity index (χ1n) is 5.21. The van der Waals surface area contributed by atoms with E-state index in [1.165, 1.54) is 25.2 Å². The van der Waals surface area contributed by atoms with Crippen molar-refractivity contribution in [1.29, 1.82) is 0 Å². The first-order valence-corrected chi connectivity index (χ1v) is 5.59. The van der Waals surface area contributed by atoms with E-state index in [-0.39, 0.29) is 5.69 Å². The van der Waals surface area contributed by atoms with E-state index in [1.807, 2.05) is 0 Å². The van der Waals surface area contributed by atoms with Crippen LogP contribution < -0.4 is 5.69 Å². The van der Waals surface area contributed by atoms with Crippen LogP contribution in [0.1, 0.15) is 11.4 Å². The summed E-state index contributed by atoms with van der Waals surface area (Å²) in [6.07, 6.45) is -4.72. The van der Waals surface area contributed by atoms with Crippen LogP contribution in [0.3, 0.4) is 0 Å². The number of aryl methyl sites for hydroxylation is 2. The Morgan fingerprint density at radius 3 is 2.47 bits per heavy atom. The largest absolute Gasteiger partial charge is 0.452 e. The number of nitrogens with zero attached hydrogens (tertiary/aromatic N) is 3. The third kappa shape index (κ3) is 2.37. The highest BCUT2D eigenvalue weighted by atomic mass is 35.5. The molecule has 0 spiro atoms. The van der Waals surface area contributed by atoms with Gasteiger partial charge >= 0.3 is 11.9 Å². The molecule has 1 aromatic heterocycles. The van der Waals surface area contributed by atoms with E-state index < -0.39 is 17.7 Å². The van der Waals surface area contributed by atoms with Crippen molar-refractivity contribution in [3.8, 4) is 5.69 Å². The molecule has 0 aliphatic carbocycles. The van der Waals surface area contributed by atoms with Crippen LogP contribution in [0.25, 0.3) is 5.69 Å². The Balaban J connectivity index is 2.78. The molecule has 2 aromatic rings. The van der Waals surface area contributed by atoms with Crippen molar-refractivity contribution in [3.05, 3.63) is 45.1 Å². The van der Waals surface area contributed by atoms with Gasteiger partial charge in [0.05, 0.1) is 5.69 Å². The average Bonchev–Trinajstić information content (AvgIpc) is 2.56. The lowest BCUT2D eigenvalue weighted by Gasteiger charge is -2.10. The smallest absolute Gasteiger partial charge is 0.246 e. The molecule has 0 aliphatic heterocycles. The van der Waals surface area contributed by atoms with Crippen LogP contribution >= 0.6 is 11.6 Å². The van der Waals surface area contributed by atoms with Crippen LogP contribution in [0.15, 0.2) is 23.0 Å². The van der Waals surface area contributed by atoms with Gasteiger partial charge in [-0.05, 0) is 30.7 Å². The van der Waals surface area contributed by atoms with E-state index in [9.17, 15) is 18.0 Å². The maximum Gasteiger partial charge on any atom is 0.452 e. The van der Waals surface area contributed by atoms with Gasteiger partial charge < -0.3 is 0 Å². The van der Waals surface area contributed by atoms with E-state index >= 15 is 0 Å². The van der Waals surface area contributed by atoms with Crippen molar-refractivity contribution in [3.63, 3.8) is 0 Å². The number of rotatable bonds is 1. The van der Waals surface area contributed by atoms with Gasteiger partial charge in [-0.1, -0.05) is 11.6 Å². The average molecular weight is 292 g/mol. The zero-order valence-electron chi connectivity index (χ0n) is 9.99. The Morgan fingerprint density at radius 1 is 1.32 bits per heavy atom. The van der Waals surface area contributed by atoms with Crippen LogP contribution in [0.2, 0.25) is 5.02 Å². The summed E-state index contributed by atoms with van der Waals surface area (Å²) < 4.78 is 39.8. The van der Waals surface area contributed by atoms with Crippen LogP contribution in [0.5, 0.6) is 0 Å². The van der Waals surface area contributed by atoms with Crippen molar-refractivity contribution < 1.29 is 13.2 Å². The number of benzene rings is 1. The number of hydrogen-bond donors (Lipinski definition) is 0. The lowest BCUT2D eigenvalue weighted by molar-refractivity contribution is -0.146. The molecular weight excluding hydrogens is 283 g/mol. The van der Waals surface area contributed by atoms with Crippen LogP contribution in [0, 0.1) is 6.92 Å². The highest BCUT2D eigenvalue weighted by Gasteiger charge is 2.39. The molecule has 0 N–H and O–H groups in total. The maximum absolute atomic E-state index is 12.9. The maximum atomic E-state index is 12.9. The fourth-order valence-electron chi connectivity index (χ4n) is 1.74. The van der Waals surface area contributed by atoms with E-state index in [0.29, 0.717) is 19.8 Å². The summed E-state index contributed by atoms with van der Waals surface area (Å²) in [4.78, 5) is 11.8. The van der Waals surface area contributed by atoms with E-state index in [0.717, 1.165) is 0 Å². The minimum Gasteiger partial charge on any atom is -0.246 e. The molecule has 1 heterocycles. The van der Waals surface area contributed by atoms with Crippen molar-refractivity contribution in [2.75, 3.05) is 0 Å². The minimum atomic E-state index is -4.72. The van der Waals surface area contributed by atoms with Crippen molar-refractivity contribution in [2.45, 2.75) is 13.1 Å². The fourth-order valence-corrected chi connectivity index (χ4v) is 1.96. The van der Waals surface area contributed by atoms with E-state index in [2.05, 4.69) is 5.10 Å². The molecule has 0 atom stereocenters. The monoisotopic (exact) mass is 291 g/mol. The van der Waals surface area contributed by atoms with Gasteiger partial charge in [-0.3, -0.25) is 0 Å². The SMILES string of the molecule is Cc1cc(Cl)ccc1-n1c(C(F)(F)F)nn(C)c1=O. The molecule has 0 fully saturated rings. The number of hydrogen-bond acceptors (Lipinski definition) is 2. The Hall–Kier alpha value is -1.76. The Labute approximate surface area is 111 Å². The first kappa shape index (κ1) is 13.7.